The largest absolute Gasteiger partial charge is 0.497 e. The summed E-state index contributed by atoms with van der Waals surface area (Å²) in [7, 11) is 1.63. The van der Waals surface area contributed by atoms with E-state index < -0.39 is 0 Å². The molecule has 2 aromatic rings. The van der Waals surface area contributed by atoms with Crippen LogP contribution >= 0.6 is 0 Å². The van der Waals surface area contributed by atoms with E-state index in [1.54, 1.807) is 7.11 Å². The molecule has 1 aromatic heterocycles. The summed E-state index contributed by atoms with van der Waals surface area (Å²) in [5, 5.41) is 0. The molecule has 0 radical (unpaired) electrons. The highest BCUT2D eigenvalue weighted by Gasteiger charge is 2.07. The SMILES string of the molecule is CCc1[nH]c(=O)[nH]c1-c1ccc(OC)cc1. The molecule has 0 saturated carbocycles. The Balaban J connectivity index is 2.45. The molecule has 0 saturated heterocycles. The van der Waals surface area contributed by atoms with E-state index in [0.29, 0.717) is 0 Å². The van der Waals surface area contributed by atoms with Gasteiger partial charge in [-0.05, 0) is 30.7 Å². The monoisotopic (exact) mass is 218 g/mol. The molecule has 2 N–H and O–H groups in total. The van der Waals surface area contributed by atoms with E-state index in [0.717, 1.165) is 29.1 Å². The van der Waals surface area contributed by atoms with Crippen LogP contribution in [-0.4, -0.2) is 17.1 Å². The maximum absolute atomic E-state index is 11.2. The number of imidazole rings is 1. The third-order valence-corrected chi connectivity index (χ3v) is 2.54. The number of hydrogen-bond donors (Lipinski definition) is 2. The number of aromatic nitrogens is 2. The minimum absolute atomic E-state index is 0.164. The van der Waals surface area contributed by atoms with E-state index in [2.05, 4.69) is 9.97 Å². The molecule has 16 heavy (non-hydrogen) atoms. The van der Waals surface area contributed by atoms with Crippen LogP contribution in [0.15, 0.2) is 29.1 Å². The number of aryl methyl sites for hydroxylation is 1. The molecule has 0 amide bonds. The van der Waals surface area contributed by atoms with Crippen molar-refractivity contribution in [2.75, 3.05) is 7.11 Å². The van der Waals surface area contributed by atoms with Crippen LogP contribution in [0.3, 0.4) is 0 Å². The van der Waals surface area contributed by atoms with E-state index in [-0.39, 0.29) is 5.69 Å². The molecule has 0 aliphatic heterocycles. The summed E-state index contributed by atoms with van der Waals surface area (Å²) in [5.41, 5.74) is 2.60. The fraction of sp³-hybridized carbons (Fsp3) is 0.250. The average molecular weight is 218 g/mol. The van der Waals surface area contributed by atoms with Gasteiger partial charge in [-0.3, -0.25) is 0 Å². The molecule has 0 bridgehead atoms. The van der Waals surface area contributed by atoms with Crippen LogP contribution in [0.5, 0.6) is 5.75 Å². The fourth-order valence-corrected chi connectivity index (χ4v) is 1.69. The van der Waals surface area contributed by atoms with Crippen LogP contribution in [0.2, 0.25) is 0 Å². The molecule has 0 atom stereocenters. The Kier molecular flexibility index (Phi) is 2.81. The van der Waals surface area contributed by atoms with Crippen LogP contribution in [0, 0.1) is 0 Å². The molecule has 1 aromatic carbocycles. The van der Waals surface area contributed by atoms with Crippen molar-refractivity contribution in [3.8, 4) is 17.0 Å². The van der Waals surface area contributed by atoms with Gasteiger partial charge in [0.25, 0.3) is 0 Å². The predicted octanol–water partition coefficient (Wildman–Crippen LogP) is 1.94. The number of aromatic amines is 2. The van der Waals surface area contributed by atoms with Gasteiger partial charge in [-0.15, -0.1) is 0 Å². The van der Waals surface area contributed by atoms with Crippen molar-refractivity contribution in [3.63, 3.8) is 0 Å². The van der Waals surface area contributed by atoms with E-state index in [4.69, 9.17) is 4.74 Å². The number of nitrogens with one attached hydrogen (secondary N) is 2. The van der Waals surface area contributed by atoms with Crippen molar-refractivity contribution in [2.45, 2.75) is 13.3 Å². The Morgan fingerprint density at radius 3 is 2.44 bits per heavy atom. The Hall–Kier alpha value is -1.97. The number of hydrogen-bond acceptors (Lipinski definition) is 2. The van der Waals surface area contributed by atoms with Gasteiger partial charge < -0.3 is 14.7 Å². The molecule has 84 valence electrons. The smallest absolute Gasteiger partial charge is 0.323 e. The third kappa shape index (κ3) is 1.86. The van der Waals surface area contributed by atoms with E-state index >= 15 is 0 Å². The molecule has 0 aliphatic carbocycles. The number of benzene rings is 1. The van der Waals surface area contributed by atoms with Crippen molar-refractivity contribution < 1.29 is 4.74 Å². The van der Waals surface area contributed by atoms with Gasteiger partial charge in [0.15, 0.2) is 0 Å². The number of H-pyrrole nitrogens is 2. The second kappa shape index (κ2) is 4.26. The molecular weight excluding hydrogens is 204 g/mol. The summed E-state index contributed by atoms with van der Waals surface area (Å²) in [6.45, 7) is 2.01. The van der Waals surface area contributed by atoms with Crippen LogP contribution < -0.4 is 10.4 Å². The highest BCUT2D eigenvalue weighted by Crippen LogP contribution is 2.22. The van der Waals surface area contributed by atoms with Gasteiger partial charge in [0.05, 0.1) is 12.8 Å². The van der Waals surface area contributed by atoms with Gasteiger partial charge in [0.1, 0.15) is 5.75 Å². The summed E-state index contributed by atoms with van der Waals surface area (Å²) in [6.07, 6.45) is 0.792. The molecule has 0 unspecified atom stereocenters. The predicted molar refractivity (Wildman–Crippen MR) is 62.8 cm³/mol. The Labute approximate surface area is 93.3 Å². The quantitative estimate of drug-likeness (QED) is 0.827. The summed E-state index contributed by atoms with van der Waals surface area (Å²) in [6, 6.07) is 7.61. The molecule has 1 heterocycles. The summed E-state index contributed by atoms with van der Waals surface area (Å²) < 4.78 is 5.09. The first-order chi connectivity index (χ1) is 7.74. The lowest BCUT2D eigenvalue weighted by atomic mass is 10.1. The van der Waals surface area contributed by atoms with Gasteiger partial charge >= 0.3 is 5.69 Å². The van der Waals surface area contributed by atoms with Crippen molar-refractivity contribution in [1.29, 1.82) is 0 Å². The lowest BCUT2D eigenvalue weighted by Gasteiger charge is -2.03. The Bertz CT molecular complexity index is 523. The van der Waals surface area contributed by atoms with E-state index in [1.165, 1.54) is 0 Å². The second-order valence-electron chi connectivity index (χ2n) is 3.51. The lowest BCUT2D eigenvalue weighted by Crippen LogP contribution is -2.00. The fourth-order valence-electron chi connectivity index (χ4n) is 1.69. The first-order valence-corrected chi connectivity index (χ1v) is 5.20. The topological polar surface area (TPSA) is 57.9 Å². The first kappa shape index (κ1) is 10.5. The van der Waals surface area contributed by atoms with Crippen molar-refractivity contribution in [2.24, 2.45) is 0 Å². The summed E-state index contributed by atoms with van der Waals surface area (Å²) in [4.78, 5) is 16.8. The van der Waals surface area contributed by atoms with Crippen molar-refractivity contribution in [3.05, 3.63) is 40.4 Å². The van der Waals surface area contributed by atoms with Gasteiger partial charge in [-0.25, -0.2) is 4.79 Å². The zero-order valence-electron chi connectivity index (χ0n) is 9.33. The minimum Gasteiger partial charge on any atom is -0.497 e. The minimum atomic E-state index is -0.164. The average Bonchev–Trinajstić information content (AvgIpc) is 2.70. The van der Waals surface area contributed by atoms with Gasteiger partial charge in [-0.1, -0.05) is 6.92 Å². The molecule has 4 nitrogen and oxygen atoms in total. The Morgan fingerprint density at radius 1 is 1.19 bits per heavy atom. The van der Waals surface area contributed by atoms with E-state index in [1.807, 2.05) is 31.2 Å². The molecule has 2 rings (SSSR count). The maximum Gasteiger partial charge on any atom is 0.323 e. The lowest BCUT2D eigenvalue weighted by molar-refractivity contribution is 0.415. The molecule has 0 aliphatic rings. The number of methoxy groups -OCH3 is 1. The number of ether oxygens (including phenoxy) is 1. The molecule has 0 spiro atoms. The van der Waals surface area contributed by atoms with Crippen LogP contribution in [0.25, 0.3) is 11.3 Å². The molecular formula is C12H14N2O2. The number of rotatable bonds is 3. The zero-order chi connectivity index (χ0) is 11.5. The highest BCUT2D eigenvalue weighted by molar-refractivity contribution is 5.62. The van der Waals surface area contributed by atoms with E-state index in [9.17, 15) is 4.79 Å². The van der Waals surface area contributed by atoms with Crippen LogP contribution in [0.1, 0.15) is 12.6 Å². The maximum atomic E-state index is 11.2. The first-order valence-electron chi connectivity index (χ1n) is 5.20. The van der Waals surface area contributed by atoms with Gasteiger partial charge in [0, 0.05) is 11.3 Å². The summed E-state index contributed by atoms with van der Waals surface area (Å²) >= 11 is 0. The van der Waals surface area contributed by atoms with Gasteiger partial charge in [-0.2, -0.15) is 0 Å². The molecule has 0 fully saturated rings. The normalized spacial score (nSPS) is 10.4. The highest BCUT2D eigenvalue weighted by atomic mass is 16.5. The second-order valence-corrected chi connectivity index (χ2v) is 3.51. The van der Waals surface area contributed by atoms with Crippen LogP contribution in [-0.2, 0) is 6.42 Å². The standard InChI is InChI=1S/C12H14N2O2/c1-3-10-11(14-12(15)13-10)8-4-6-9(16-2)7-5-8/h4-7H,3H2,1-2H3,(H2,13,14,15). The zero-order valence-corrected chi connectivity index (χ0v) is 9.33. The van der Waals surface area contributed by atoms with Crippen LogP contribution in [0.4, 0.5) is 0 Å². The molecule has 4 heteroatoms. The Morgan fingerprint density at radius 2 is 1.88 bits per heavy atom. The van der Waals surface area contributed by atoms with Gasteiger partial charge in [0.2, 0.25) is 0 Å². The summed E-state index contributed by atoms with van der Waals surface area (Å²) in [5.74, 6) is 0.805. The van der Waals surface area contributed by atoms with Crippen molar-refractivity contribution in [1.82, 2.24) is 9.97 Å². The third-order valence-electron chi connectivity index (χ3n) is 2.54. The van der Waals surface area contributed by atoms with Crippen molar-refractivity contribution >= 4 is 0 Å².